The number of likely N-dealkylation sites (N-methyl/N-ethyl adjacent to an activating group) is 1. The summed E-state index contributed by atoms with van der Waals surface area (Å²) in [5.74, 6) is 0. The molecule has 0 amide bonds. The van der Waals surface area contributed by atoms with Crippen molar-refractivity contribution in [1.29, 1.82) is 0 Å². The van der Waals surface area contributed by atoms with Crippen LogP contribution in [0.1, 0.15) is 32.1 Å². The molecule has 2 aliphatic rings. The van der Waals surface area contributed by atoms with Gasteiger partial charge in [-0.2, -0.15) is 0 Å². The Morgan fingerprint density at radius 2 is 1.92 bits per heavy atom. The summed E-state index contributed by atoms with van der Waals surface area (Å²) in [6.07, 6.45) is 7.20. The first kappa shape index (κ1) is 8.52. The maximum atomic E-state index is 5.49. The van der Waals surface area contributed by atoms with Gasteiger partial charge in [-0.05, 0) is 25.7 Å². The van der Waals surface area contributed by atoms with Crippen molar-refractivity contribution in [2.24, 2.45) is 0 Å². The van der Waals surface area contributed by atoms with Crippen LogP contribution >= 0.6 is 0 Å². The van der Waals surface area contributed by atoms with Crippen molar-refractivity contribution in [1.82, 2.24) is 0 Å². The summed E-state index contributed by atoms with van der Waals surface area (Å²) in [7, 11) is 2.36. The highest BCUT2D eigenvalue weighted by Crippen LogP contribution is 2.28. The van der Waals surface area contributed by atoms with Gasteiger partial charge < -0.3 is 4.74 Å². The van der Waals surface area contributed by atoms with Gasteiger partial charge in [0.1, 0.15) is 13.2 Å². The zero-order valence-corrected chi connectivity index (χ0v) is 8.09. The predicted octanol–water partition coefficient (Wildman–Crippen LogP) is 1.75. The van der Waals surface area contributed by atoms with Crippen LogP contribution < -0.4 is 0 Å². The fourth-order valence-corrected chi connectivity index (χ4v) is 2.60. The molecule has 1 saturated carbocycles. The molecule has 0 N–H and O–H groups in total. The van der Waals surface area contributed by atoms with Crippen LogP contribution in [-0.2, 0) is 4.74 Å². The molecule has 0 radical (unpaired) electrons. The number of quaternary nitrogens is 1. The quantitative estimate of drug-likeness (QED) is 0.545. The molecule has 1 unspecified atom stereocenters. The van der Waals surface area contributed by atoms with Crippen LogP contribution in [0.2, 0.25) is 0 Å². The lowest BCUT2D eigenvalue weighted by Gasteiger charge is -2.38. The summed E-state index contributed by atoms with van der Waals surface area (Å²) in [5.41, 5.74) is 0. The van der Waals surface area contributed by atoms with E-state index in [1.165, 1.54) is 43.1 Å². The molecule has 2 fully saturated rings. The molecule has 0 aromatic heterocycles. The fraction of sp³-hybridized carbons (Fsp3) is 1.00. The van der Waals surface area contributed by atoms with Crippen molar-refractivity contribution in [3.8, 4) is 0 Å². The van der Waals surface area contributed by atoms with Gasteiger partial charge in [-0.3, -0.25) is 4.48 Å². The third-order valence-electron chi connectivity index (χ3n) is 3.59. The third kappa shape index (κ3) is 1.50. The second kappa shape index (κ2) is 3.35. The maximum absolute atomic E-state index is 5.49. The molecule has 0 aromatic carbocycles. The van der Waals surface area contributed by atoms with E-state index in [4.69, 9.17) is 4.74 Å². The van der Waals surface area contributed by atoms with Gasteiger partial charge in [-0.25, -0.2) is 0 Å². The monoisotopic (exact) mass is 170 g/mol. The van der Waals surface area contributed by atoms with E-state index in [0.717, 1.165) is 19.4 Å². The number of rotatable bonds is 1. The maximum Gasteiger partial charge on any atom is 0.183 e. The second-order valence-electron chi connectivity index (χ2n) is 4.53. The number of hydrogen-bond donors (Lipinski definition) is 0. The Hall–Kier alpha value is -0.0800. The average molecular weight is 170 g/mol. The first-order valence-electron chi connectivity index (χ1n) is 5.23. The highest BCUT2D eigenvalue weighted by Gasteiger charge is 2.36. The Bertz CT molecular complexity index is 146. The van der Waals surface area contributed by atoms with Crippen LogP contribution in [0.5, 0.6) is 0 Å². The largest absolute Gasteiger partial charge is 0.326 e. The van der Waals surface area contributed by atoms with Crippen LogP contribution in [0, 0.1) is 0 Å². The minimum absolute atomic E-state index is 0.904. The van der Waals surface area contributed by atoms with Crippen molar-refractivity contribution in [3.05, 3.63) is 0 Å². The first-order chi connectivity index (χ1) is 5.81. The van der Waals surface area contributed by atoms with E-state index in [9.17, 15) is 0 Å². The molecular formula is C10H20NO+. The summed E-state index contributed by atoms with van der Waals surface area (Å²) in [4.78, 5) is 0. The molecule has 1 saturated heterocycles. The molecule has 0 bridgehead atoms. The van der Waals surface area contributed by atoms with Crippen molar-refractivity contribution in [2.45, 2.75) is 38.1 Å². The molecule has 1 aliphatic carbocycles. The van der Waals surface area contributed by atoms with Gasteiger partial charge in [0.15, 0.2) is 6.73 Å². The normalized spacial score (nSPS) is 38.8. The van der Waals surface area contributed by atoms with Gasteiger partial charge in [0.05, 0.1) is 13.1 Å². The van der Waals surface area contributed by atoms with E-state index in [-0.39, 0.29) is 0 Å². The Labute approximate surface area is 75.1 Å². The first-order valence-corrected chi connectivity index (χ1v) is 5.23. The molecule has 2 rings (SSSR count). The van der Waals surface area contributed by atoms with Gasteiger partial charge in [-0.15, -0.1) is 0 Å². The molecule has 1 heterocycles. The van der Waals surface area contributed by atoms with E-state index in [1.807, 2.05) is 0 Å². The molecule has 0 spiro atoms. The molecule has 1 atom stereocenters. The summed E-state index contributed by atoms with van der Waals surface area (Å²) in [5, 5.41) is 0. The fourth-order valence-electron chi connectivity index (χ4n) is 2.60. The molecule has 12 heavy (non-hydrogen) atoms. The highest BCUT2D eigenvalue weighted by molar-refractivity contribution is 4.67. The molecule has 1 aliphatic heterocycles. The predicted molar refractivity (Wildman–Crippen MR) is 48.7 cm³/mol. The zero-order valence-electron chi connectivity index (χ0n) is 8.09. The lowest BCUT2D eigenvalue weighted by molar-refractivity contribution is -0.931. The topological polar surface area (TPSA) is 9.23 Å². The smallest absolute Gasteiger partial charge is 0.183 e. The van der Waals surface area contributed by atoms with Gasteiger partial charge in [-0.1, -0.05) is 6.42 Å². The van der Waals surface area contributed by atoms with Crippen LogP contribution in [0.3, 0.4) is 0 Å². The Balaban J connectivity index is 1.96. The van der Waals surface area contributed by atoms with Gasteiger partial charge in [0, 0.05) is 0 Å². The lowest BCUT2D eigenvalue weighted by atomic mass is 9.93. The van der Waals surface area contributed by atoms with Gasteiger partial charge in [0.2, 0.25) is 0 Å². The van der Waals surface area contributed by atoms with Crippen LogP contribution in [-0.4, -0.2) is 37.5 Å². The molecule has 2 nitrogen and oxygen atoms in total. The molecule has 70 valence electrons. The standard InChI is InChI=1S/C10H20NO/c1-11(7-8-12-9-11)10-5-3-2-4-6-10/h10H,2-9H2,1H3/q+1. The zero-order chi connectivity index (χ0) is 8.44. The molecular weight excluding hydrogens is 150 g/mol. The van der Waals surface area contributed by atoms with Crippen molar-refractivity contribution < 1.29 is 9.22 Å². The van der Waals surface area contributed by atoms with Crippen molar-refractivity contribution in [3.63, 3.8) is 0 Å². The summed E-state index contributed by atoms with van der Waals surface area (Å²) < 4.78 is 6.68. The van der Waals surface area contributed by atoms with E-state index in [1.54, 1.807) is 0 Å². The molecule has 2 heteroatoms. The third-order valence-corrected chi connectivity index (χ3v) is 3.59. The number of nitrogens with zero attached hydrogens (tertiary/aromatic N) is 1. The number of hydrogen-bond acceptors (Lipinski definition) is 1. The number of ether oxygens (including phenoxy) is 1. The average Bonchev–Trinajstić information content (AvgIpc) is 2.55. The van der Waals surface area contributed by atoms with E-state index < -0.39 is 0 Å². The van der Waals surface area contributed by atoms with Crippen molar-refractivity contribution in [2.75, 3.05) is 26.9 Å². The lowest BCUT2D eigenvalue weighted by Crippen LogP contribution is -2.51. The van der Waals surface area contributed by atoms with Gasteiger partial charge in [0.25, 0.3) is 0 Å². The Morgan fingerprint density at radius 1 is 1.17 bits per heavy atom. The van der Waals surface area contributed by atoms with Crippen molar-refractivity contribution >= 4 is 0 Å². The summed E-state index contributed by atoms with van der Waals surface area (Å²) >= 11 is 0. The van der Waals surface area contributed by atoms with Gasteiger partial charge >= 0.3 is 0 Å². The van der Waals surface area contributed by atoms with E-state index in [2.05, 4.69) is 7.05 Å². The summed E-state index contributed by atoms with van der Waals surface area (Å²) in [6.45, 7) is 3.18. The summed E-state index contributed by atoms with van der Waals surface area (Å²) in [6, 6.07) is 0.904. The van der Waals surface area contributed by atoms with Crippen LogP contribution in [0.15, 0.2) is 0 Å². The van der Waals surface area contributed by atoms with Crippen LogP contribution in [0.4, 0.5) is 0 Å². The SMILES string of the molecule is C[N+]1(C2CCCCC2)CCOC1. The van der Waals surface area contributed by atoms with Crippen LogP contribution in [0.25, 0.3) is 0 Å². The highest BCUT2D eigenvalue weighted by atomic mass is 16.5. The Morgan fingerprint density at radius 3 is 2.50 bits per heavy atom. The minimum atomic E-state index is 0.904. The second-order valence-corrected chi connectivity index (χ2v) is 4.53. The molecule has 0 aromatic rings. The van der Waals surface area contributed by atoms with E-state index >= 15 is 0 Å². The van der Waals surface area contributed by atoms with E-state index in [0.29, 0.717) is 0 Å². The minimum Gasteiger partial charge on any atom is -0.326 e. The Kier molecular flexibility index (Phi) is 2.37.